The first kappa shape index (κ1) is 16.0. The third-order valence-corrected chi connectivity index (χ3v) is 4.02. The van der Waals surface area contributed by atoms with Gasteiger partial charge in [0.15, 0.2) is 0 Å². The van der Waals surface area contributed by atoms with Crippen LogP contribution in [0.2, 0.25) is 0 Å². The van der Waals surface area contributed by atoms with Crippen LogP contribution in [-0.2, 0) is 4.79 Å². The molecule has 0 fully saturated rings. The molecule has 1 aromatic carbocycles. The molecule has 1 amide bonds. The lowest BCUT2D eigenvalue weighted by atomic mass is 10.1. The Bertz CT molecular complexity index is 397. The van der Waals surface area contributed by atoms with Gasteiger partial charge in [0.2, 0.25) is 5.91 Å². The molecule has 0 aromatic heterocycles. The predicted molar refractivity (Wildman–Crippen MR) is 76.6 cm³/mol. The normalized spacial score (nSPS) is 13.9. The van der Waals surface area contributed by atoms with E-state index in [9.17, 15) is 9.18 Å². The summed E-state index contributed by atoms with van der Waals surface area (Å²) in [5.74, 6) is 0.0365. The number of benzene rings is 1. The van der Waals surface area contributed by atoms with Crippen molar-refractivity contribution in [3.63, 3.8) is 0 Å². The Morgan fingerprint density at radius 3 is 2.58 bits per heavy atom. The highest BCUT2D eigenvalue weighted by atomic mass is 32.2. The van der Waals surface area contributed by atoms with E-state index in [1.807, 2.05) is 13.8 Å². The maximum absolute atomic E-state index is 12.8. The number of carbonyl (C=O) groups is 1. The zero-order valence-electron chi connectivity index (χ0n) is 11.2. The van der Waals surface area contributed by atoms with Gasteiger partial charge in [-0.25, -0.2) is 4.39 Å². The molecule has 0 saturated heterocycles. The molecule has 1 rings (SSSR count). The molecule has 0 saturated carbocycles. The Morgan fingerprint density at radius 2 is 2.00 bits per heavy atom. The van der Waals surface area contributed by atoms with Crippen molar-refractivity contribution in [3.05, 3.63) is 35.6 Å². The zero-order chi connectivity index (χ0) is 14.3. The van der Waals surface area contributed by atoms with Gasteiger partial charge in [-0.15, -0.1) is 11.8 Å². The summed E-state index contributed by atoms with van der Waals surface area (Å²) in [4.78, 5) is 11.7. The maximum atomic E-state index is 12.8. The minimum atomic E-state index is -0.282. The van der Waals surface area contributed by atoms with Crippen molar-refractivity contribution in [1.82, 2.24) is 5.32 Å². The number of amides is 1. The molecule has 0 heterocycles. The smallest absolute Gasteiger partial charge is 0.230 e. The zero-order valence-corrected chi connectivity index (χ0v) is 12.0. The summed E-state index contributed by atoms with van der Waals surface area (Å²) in [5, 5.41) is 11.9. The van der Waals surface area contributed by atoms with E-state index < -0.39 is 0 Å². The van der Waals surface area contributed by atoms with E-state index in [1.165, 1.54) is 23.9 Å². The van der Waals surface area contributed by atoms with E-state index in [0.29, 0.717) is 12.2 Å². The quantitative estimate of drug-likeness (QED) is 0.809. The number of rotatable bonds is 7. The lowest BCUT2D eigenvalue weighted by molar-refractivity contribution is -0.119. The molecule has 0 spiro atoms. The van der Waals surface area contributed by atoms with Gasteiger partial charge < -0.3 is 10.4 Å². The summed E-state index contributed by atoms with van der Waals surface area (Å²) in [5.41, 5.74) is 0.878. The number of halogens is 1. The van der Waals surface area contributed by atoms with Gasteiger partial charge in [-0.3, -0.25) is 4.79 Å². The van der Waals surface area contributed by atoms with Crippen molar-refractivity contribution in [2.75, 3.05) is 12.4 Å². The molecule has 2 unspecified atom stereocenters. The second kappa shape index (κ2) is 8.17. The molecular formula is C14H20FNO2S. The van der Waals surface area contributed by atoms with Crippen molar-refractivity contribution in [1.29, 1.82) is 0 Å². The second-order valence-corrected chi connectivity index (χ2v) is 5.90. The van der Waals surface area contributed by atoms with Gasteiger partial charge in [-0.05, 0) is 31.0 Å². The largest absolute Gasteiger partial charge is 0.396 e. The summed E-state index contributed by atoms with van der Waals surface area (Å²) >= 11 is 1.52. The fraction of sp³-hybridized carbons (Fsp3) is 0.500. The monoisotopic (exact) mass is 285 g/mol. The van der Waals surface area contributed by atoms with Gasteiger partial charge >= 0.3 is 0 Å². The van der Waals surface area contributed by atoms with E-state index in [4.69, 9.17) is 5.11 Å². The van der Waals surface area contributed by atoms with Crippen molar-refractivity contribution in [3.8, 4) is 0 Å². The molecule has 0 aliphatic rings. The SMILES string of the molecule is CC(CCO)SCC(=O)NC(C)c1ccc(F)cc1. The fourth-order valence-corrected chi connectivity index (χ4v) is 2.39. The number of aliphatic hydroxyl groups excluding tert-OH is 1. The number of aliphatic hydroxyl groups is 1. The number of carbonyl (C=O) groups excluding carboxylic acids is 1. The van der Waals surface area contributed by atoms with Gasteiger partial charge in [-0.2, -0.15) is 0 Å². The number of hydrogen-bond acceptors (Lipinski definition) is 3. The van der Waals surface area contributed by atoms with Crippen molar-refractivity contribution < 1.29 is 14.3 Å². The second-order valence-electron chi connectivity index (χ2n) is 4.47. The van der Waals surface area contributed by atoms with Crippen LogP contribution >= 0.6 is 11.8 Å². The standard InChI is InChI=1S/C14H20FNO2S/c1-10(7-8-17)19-9-14(18)16-11(2)12-3-5-13(15)6-4-12/h3-6,10-11,17H,7-9H2,1-2H3,(H,16,18). The van der Waals surface area contributed by atoms with Gasteiger partial charge in [0.05, 0.1) is 11.8 Å². The van der Waals surface area contributed by atoms with Crippen LogP contribution in [0.4, 0.5) is 4.39 Å². The Kier molecular flexibility index (Phi) is 6.87. The summed E-state index contributed by atoms with van der Waals surface area (Å²) in [6.45, 7) is 3.99. The minimum Gasteiger partial charge on any atom is -0.396 e. The van der Waals surface area contributed by atoms with E-state index in [0.717, 1.165) is 5.56 Å². The lowest BCUT2D eigenvalue weighted by Crippen LogP contribution is -2.28. The number of thioether (sulfide) groups is 1. The Labute approximate surface area is 117 Å². The number of hydrogen-bond donors (Lipinski definition) is 2. The van der Waals surface area contributed by atoms with Crippen LogP contribution in [0, 0.1) is 5.82 Å². The molecule has 0 radical (unpaired) electrons. The Hall–Kier alpha value is -1.07. The highest BCUT2D eigenvalue weighted by Crippen LogP contribution is 2.15. The molecule has 5 heteroatoms. The summed E-state index contributed by atoms with van der Waals surface area (Å²) in [6.07, 6.45) is 0.686. The molecule has 2 atom stereocenters. The Morgan fingerprint density at radius 1 is 1.37 bits per heavy atom. The first-order valence-corrected chi connectivity index (χ1v) is 7.35. The van der Waals surface area contributed by atoms with Gasteiger partial charge in [0, 0.05) is 11.9 Å². The first-order chi connectivity index (χ1) is 9.02. The molecule has 0 bridgehead atoms. The van der Waals surface area contributed by atoms with Gasteiger partial charge in [-0.1, -0.05) is 19.1 Å². The van der Waals surface area contributed by atoms with Crippen LogP contribution in [0.1, 0.15) is 31.9 Å². The lowest BCUT2D eigenvalue weighted by Gasteiger charge is -2.15. The van der Waals surface area contributed by atoms with E-state index in [-0.39, 0.29) is 29.6 Å². The summed E-state index contributed by atoms with van der Waals surface area (Å²) in [6, 6.07) is 5.97. The van der Waals surface area contributed by atoms with E-state index >= 15 is 0 Å². The molecule has 0 aliphatic heterocycles. The average molecular weight is 285 g/mol. The Balaban J connectivity index is 2.37. The molecule has 3 nitrogen and oxygen atoms in total. The fourth-order valence-electron chi connectivity index (χ4n) is 1.60. The average Bonchev–Trinajstić information content (AvgIpc) is 2.37. The van der Waals surface area contributed by atoms with Crippen molar-refractivity contribution in [2.45, 2.75) is 31.6 Å². The third kappa shape index (κ3) is 6.07. The minimum absolute atomic E-state index is 0.0494. The molecule has 19 heavy (non-hydrogen) atoms. The number of nitrogens with one attached hydrogen (secondary N) is 1. The van der Waals surface area contributed by atoms with Crippen LogP contribution in [0.5, 0.6) is 0 Å². The maximum Gasteiger partial charge on any atom is 0.230 e. The molecule has 1 aromatic rings. The van der Waals surface area contributed by atoms with Crippen LogP contribution in [0.15, 0.2) is 24.3 Å². The van der Waals surface area contributed by atoms with Crippen molar-refractivity contribution >= 4 is 17.7 Å². The topological polar surface area (TPSA) is 49.3 Å². The van der Waals surface area contributed by atoms with Crippen molar-refractivity contribution in [2.24, 2.45) is 0 Å². The molecule has 2 N–H and O–H groups in total. The van der Waals surface area contributed by atoms with E-state index in [2.05, 4.69) is 5.32 Å². The summed E-state index contributed by atoms with van der Waals surface area (Å²) in [7, 11) is 0. The van der Waals surface area contributed by atoms with E-state index in [1.54, 1.807) is 12.1 Å². The highest BCUT2D eigenvalue weighted by Gasteiger charge is 2.11. The third-order valence-electron chi connectivity index (χ3n) is 2.78. The highest BCUT2D eigenvalue weighted by molar-refractivity contribution is 8.00. The van der Waals surface area contributed by atoms with Crippen LogP contribution in [0.25, 0.3) is 0 Å². The van der Waals surface area contributed by atoms with Gasteiger partial charge in [0.25, 0.3) is 0 Å². The summed E-state index contributed by atoms with van der Waals surface area (Å²) < 4.78 is 12.8. The molecule has 106 valence electrons. The van der Waals surface area contributed by atoms with Gasteiger partial charge in [0.1, 0.15) is 5.82 Å². The van der Waals surface area contributed by atoms with Crippen LogP contribution < -0.4 is 5.32 Å². The molecule has 0 aliphatic carbocycles. The first-order valence-electron chi connectivity index (χ1n) is 6.30. The predicted octanol–water partition coefficient (Wildman–Crippen LogP) is 2.51. The molecular weight excluding hydrogens is 265 g/mol. The van der Waals surface area contributed by atoms with Crippen LogP contribution in [-0.4, -0.2) is 28.6 Å². The van der Waals surface area contributed by atoms with Crippen LogP contribution in [0.3, 0.4) is 0 Å².